The highest BCUT2D eigenvalue weighted by molar-refractivity contribution is 6.36. The molecular weight excluding hydrogens is 565 g/mol. The number of carbonyl (C=O) groups is 3. The molecular formula is C31H29Cl2N3O5. The van der Waals surface area contributed by atoms with Crippen molar-refractivity contribution in [1.82, 2.24) is 9.88 Å². The number of fused-ring (bicyclic) bond motifs is 1. The number of hydrogen-bond donors (Lipinski definition) is 2. The second kappa shape index (κ2) is 11.9. The van der Waals surface area contributed by atoms with Gasteiger partial charge >= 0.3 is 0 Å². The summed E-state index contributed by atoms with van der Waals surface area (Å²) in [5.74, 6) is -0.971. The maximum Gasteiger partial charge on any atom is 0.287 e. The van der Waals surface area contributed by atoms with Crippen molar-refractivity contribution in [3.05, 3.63) is 86.3 Å². The second-order valence-electron chi connectivity index (χ2n) is 10.3. The summed E-state index contributed by atoms with van der Waals surface area (Å²) in [7, 11) is 0. The third kappa shape index (κ3) is 6.09. The highest BCUT2D eigenvalue weighted by Gasteiger charge is 2.22. The van der Waals surface area contributed by atoms with Gasteiger partial charge in [0.25, 0.3) is 5.91 Å². The molecule has 0 aliphatic heterocycles. The molecule has 10 heteroatoms. The van der Waals surface area contributed by atoms with Gasteiger partial charge in [0.1, 0.15) is 11.8 Å². The first kappa shape index (κ1) is 28.6. The number of anilines is 1. The van der Waals surface area contributed by atoms with Crippen LogP contribution >= 0.6 is 23.2 Å². The van der Waals surface area contributed by atoms with Crippen molar-refractivity contribution in [2.24, 2.45) is 0 Å². The second-order valence-corrected chi connectivity index (χ2v) is 11.2. The first-order valence-electron chi connectivity index (χ1n) is 13.5. The Hall–Kier alpha value is -3.88. The van der Waals surface area contributed by atoms with Crippen molar-refractivity contribution >= 4 is 57.4 Å². The van der Waals surface area contributed by atoms with Crippen LogP contribution in [0.2, 0.25) is 10.0 Å². The molecule has 0 unspecified atom stereocenters. The fraction of sp³-hybridized carbons (Fsp3) is 0.290. The van der Waals surface area contributed by atoms with Gasteiger partial charge in [-0.15, -0.1) is 0 Å². The number of furan rings is 1. The molecule has 1 aliphatic carbocycles. The van der Waals surface area contributed by atoms with Crippen LogP contribution in [0.25, 0.3) is 22.2 Å². The van der Waals surface area contributed by atoms with E-state index in [0.717, 1.165) is 31.2 Å². The summed E-state index contributed by atoms with van der Waals surface area (Å²) in [6.45, 7) is 2.92. The molecule has 4 aromatic rings. The van der Waals surface area contributed by atoms with Gasteiger partial charge in [-0.05, 0) is 75.2 Å². The molecule has 2 N–H and O–H groups in total. The first-order valence-corrected chi connectivity index (χ1v) is 14.2. The fourth-order valence-electron chi connectivity index (χ4n) is 5.22. The molecule has 1 aliphatic rings. The number of aromatic nitrogens is 1. The van der Waals surface area contributed by atoms with Crippen molar-refractivity contribution in [2.45, 2.75) is 58.0 Å². The number of halogens is 2. The van der Waals surface area contributed by atoms with Crippen LogP contribution in [0.1, 0.15) is 72.9 Å². The topological polar surface area (TPSA) is 110 Å². The smallest absolute Gasteiger partial charge is 0.287 e. The van der Waals surface area contributed by atoms with E-state index in [0.29, 0.717) is 32.4 Å². The lowest BCUT2D eigenvalue weighted by Gasteiger charge is -2.27. The Morgan fingerprint density at radius 3 is 2.46 bits per heavy atom. The van der Waals surface area contributed by atoms with Gasteiger partial charge in [0, 0.05) is 33.9 Å². The monoisotopic (exact) mass is 593 g/mol. The maximum absolute atomic E-state index is 13.2. The van der Waals surface area contributed by atoms with Crippen LogP contribution in [-0.2, 0) is 4.79 Å². The van der Waals surface area contributed by atoms with E-state index in [1.807, 2.05) is 4.57 Å². The molecule has 5 rings (SSSR count). The van der Waals surface area contributed by atoms with E-state index < -0.39 is 17.9 Å². The van der Waals surface area contributed by atoms with E-state index in [4.69, 9.17) is 27.6 Å². The summed E-state index contributed by atoms with van der Waals surface area (Å²) in [4.78, 5) is 51.2. The maximum atomic E-state index is 13.2. The molecule has 2 aromatic heterocycles. The van der Waals surface area contributed by atoms with Gasteiger partial charge < -0.3 is 19.6 Å². The van der Waals surface area contributed by atoms with Crippen molar-refractivity contribution in [3.8, 4) is 11.3 Å². The Morgan fingerprint density at radius 2 is 1.76 bits per heavy atom. The van der Waals surface area contributed by atoms with E-state index in [-0.39, 0.29) is 28.6 Å². The molecule has 0 radical (unpaired) electrons. The van der Waals surface area contributed by atoms with Crippen LogP contribution in [0.4, 0.5) is 5.69 Å². The molecule has 0 spiro atoms. The lowest BCUT2D eigenvalue weighted by molar-refractivity contribution is -0.117. The Balaban J connectivity index is 1.33. The number of carbonyl (C=O) groups excluding carboxylic acids is 3. The number of nitrogens with zero attached hydrogens (tertiary/aromatic N) is 1. The van der Waals surface area contributed by atoms with E-state index in [1.165, 1.54) is 26.3 Å². The Bertz CT molecular complexity index is 1720. The minimum absolute atomic E-state index is 0.0106. The van der Waals surface area contributed by atoms with Gasteiger partial charge in [-0.25, -0.2) is 0 Å². The molecule has 1 fully saturated rings. The van der Waals surface area contributed by atoms with Gasteiger partial charge in [0.2, 0.25) is 5.91 Å². The average molecular weight is 594 g/mol. The number of hydrogen-bond acceptors (Lipinski definition) is 5. The number of pyridine rings is 1. The van der Waals surface area contributed by atoms with Crippen LogP contribution in [0.3, 0.4) is 0 Å². The molecule has 8 nitrogen and oxygen atoms in total. The summed E-state index contributed by atoms with van der Waals surface area (Å²) in [5, 5.41) is 6.60. The van der Waals surface area contributed by atoms with Gasteiger partial charge in [-0.3, -0.25) is 19.2 Å². The average Bonchev–Trinajstić information content (AvgIpc) is 3.44. The Morgan fingerprint density at radius 1 is 1.00 bits per heavy atom. The van der Waals surface area contributed by atoms with Crippen molar-refractivity contribution in [3.63, 3.8) is 0 Å². The minimum Gasteiger partial charge on any atom is -0.451 e. The quantitative estimate of drug-likeness (QED) is 0.223. The summed E-state index contributed by atoms with van der Waals surface area (Å²) in [5.41, 5.74) is 1.44. The van der Waals surface area contributed by atoms with Crippen molar-refractivity contribution in [1.29, 1.82) is 0 Å². The standard InChI is InChI=1S/C31H29Cl2N3O5/c1-17(34-31(40)28-13-12-27(41-28)22-10-8-19(32)14-25(22)33)30(39)35-20-9-11-26-23(15-20)29(38)24(18(2)37)16-36(26)21-6-4-3-5-7-21/h8-17,21H,3-7H2,1-2H3,(H,34,40)(H,35,39)/t17-/m0/s1. The van der Waals surface area contributed by atoms with Gasteiger partial charge in [0.05, 0.1) is 16.1 Å². The van der Waals surface area contributed by atoms with Crippen LogP contribution in [0.5, 0.6) is 0 Å². The summed E-state index contributed by atoms with van der Waals surface area (Å²) < 4.78 is 7.71. The molecule has 212 valence electrons. The molecule has 41 heavy (non-hydrogen) atoms. The highest BCUT2D eigenvalue weighted by Crippen LogP contribution is 2.32. The predicted molar refractivity (Wildman–Crippen MR) is 160 cm³/mol. The third-order valence-electron chi connectivity index (χ3n) is 7.41. The largest absolute Gasteiger partial charge is 0.451 e. The molecule has 1 atom stereocenters. The van der Waals surface area contributed by atoms with Crippen LogP contribution < -0.4 is 16.1 Å². The molecule has 2 heterocycles. The molecule has 2 aromatic carbocycles. The Kier molecular flexibility index (Phi) is 8.33. The van der Waals surface area contributed by atoms with Crippen LogP contribution in [0, 0.1) is 0 Å². The molecule has 0 saturated heterocycles. The number of benzene rings is 2. The van der Waals surface area contributed by atoms with Crippen LogP contribution in [0.15, 0.2) is 63.9 Å². The highest BCUT2D eigenvalue weighted by atomic mass is 35.5. The predicted octanol–water partition coefficient (Wildman–Crippen LogP) is 7.03. The summed E-state index contributed by atoms with van der Waals surface area (Å²) in [6.07, 6.45) is 7.01. The van der Waals surface area contributed by atoms with Gasteiger partial charge in [-0.1, -0.05) is 42.5 Å². The number of nitrogens with one attached hydrogen (secondary N) is 2. The fourth-order valence-corrected chi connectivity index (χ4v) is 5.72. The number of amides is 2. The molecule has 2 amide bonds. The van der Waals surface area contributed by atoms with Crippen molar-refractivity contribution < 1.29 is 18.8 Å². The van der Waals surface area contributed by atoms with E-state index in [9.17, 15) is 19.2 Å². The number of rotatable bonds is 7. The number of ketones is 1. The molecule has 1 saturated carbocycles. The normalized spacial score (nSPS) is 14.5. The zero-order chi connectivity index (χ0) is 29.3. The van der Waals surface area contributed by atoms with E-state index >= 15 is 0 Å². The van der Waals surface area contributed by atoms with Crippen LogP contribution in [-0.4, -0.2) is 28.2 Å². The zero-order valence-corrected chi connectivity index (χ0v) is 24.1. The SMILES string of the molecule is CC(=O)c1cn(C2CCCCC2)c2ccc(NC(=O)[C@H](C)NC(=O)c3ccc(-c4ccc(Cl)cc4Cl)o3)cc2c1=O. The lowest BCUT2D eigenvalue weighted by Crippen LogP contribution is -2.41. The van der Waals surface area contributed by atoms with Crippen molar-refractivity contribution in [2.75, 3.05) is 5.32 Å². The lowest BCUT2D eigenvalue weighted by atomic mass is 9.94. The van der Waals surface area contributed by atoms with E-state index in [1.54, 1.807) is 48.7 Å². The van der Waals surface area contributed by atoms with Gasteiger partial charge in [-0.2, -0.15) is 0 Å². The zero-order valence-electron chi connectivity index (χ0n) is 22.6. The minimum atomic E-state index is -0.923. The Labute approximate surface area is 246 Å². The van der Waals surface area contributed by atoms with E-state index in [2.05, 4.69) is 10.6 Å². The first-order chi connectivity index (χ1) is 19.6. The molecule has 0 bridgehead atoms. The summed E-state index contributed by atoms with van der Waals surface area (Å²) >= 11 is 12.2. The van der Waals surface area contributed by atoms with Gasteiger partial charge in [0.15, 0.2) is 17.0 Å². The number of Topliss-reactive ketones (excluding diaryl/α,β-unsaturated/α-hetero) is 1. The third-order valence-corrected chi connectivity index (χ3v) is 7.96. The summed E-state index contributed by atoms with van der Waals surface area (Å²) in [6, 6.07) is 12.4.